The van der Waals surface area contributed by atoms with Crippen molar-refractivity contribution in [3.63, 3.8) is 0 Å². The number of aromatic nitrogens is 1. The summed E-state index contributed by atoms with van der Waals surface area (Å²) >= 11 is 0. The van der Waals surface area contributed by atoms with Crippen LogP contribution in [0.25, 0.3) is 0 Å². The molecule has 1 amide bonds. The number of nitrogens with zero attached hydrogens (tertiary/aromatic N) is 1. The highest BCUT2D eigenvalue weighted by molar-refractivity contribution is 6.04. The Morgan fingerprint density at radius 3 is 2.62 bits per heavy atom. The molecule has 0 unspecified atom stereocenters. The molecule has 2 N–H and O–H groups in total. The van der Waals surface area contributed by atoms with Crippen LogP contribution in [-0.2, 0) is 4.74 Å². The van der Waals surface area contributed by atoms with E-state index in [0.29, 0.717) is 34.1 Å². The number of hydrogen-bond donors (Lipinski definition) is 2. The molecule has 0 saturated heterocycles. The molecule has 29 heavy (non-hydrogen) atoms. The Morgan fingerprint density at radius 1 is 0.966 bits per heavy atom. The zero-order valence-corrected chi connectivity index (χ0v) is 15.5. The molecular formula is C21H17N3O5. The van der Waals surface area contributed by atoms with Crippen molar-refractivity contribution >= 4 is 29.1 Å². The third-order valence-corrected chi connectivity index (χ3v) is 4.21. The van der Waals surface area contributed by atoms with Crippen LogP contribution in [0.1, 0.15) is 20.7 Å². The van der Waals surface area contributed by atoms with Crippen molar-refractivity contribution in [2.45, 2.75) is 0 Å². The molecule has 2 aromatic carbocycles. The maximum absolute atomic E-state index is 12.4. The maximum Gasteiger partial charge on any atom is 0.337 e. The van der Waals surface area contributed by atoms with Gasteiger partial charge in [0.15, 0.2) is 11.5 Å². The van der Waals surface area contributed by atoms with E-state index in [1.54, 1.807) is 36.4 Å². The zero-order chi connectivity index (χ0) is 20.2. The fourth-order valence-electron chi connectivity index (χ4n) is 2.77. The summed E-state index contributed by atoms with van der Waals surface area (Å²) in [6.07, 6.45) is 1.47. The molecule has 1 aliphatic heterocycles. The zero-order valence-electron chi connectivity index (χ0n) is 15.5. The quantitative estimate of drug-likeness (QED) is 0.641. The van der Waals surface area contributed by atoms with Gasteiger partial charge in [-0.05, 0) is 42.5 Å². The number of nitrogens with one attached hydrogen (secondary N) is 2. The number of hydrogen-bond acceptors (Lipinski definition) is 7. The lowest BCUT2D eigenvalue weighted by molar-refractivity contribution is 0.0600. The first-order valence-electron chi connectivity index (χ1n) is 8.75. The first kappa shape index (κ1) is 18.3. The van der Waals surface area contributed by atoms with Crippen LogP contribution in [0.15, 0.2) is 60.8 Å². The van der Waals surface area contributed by atoms with Crippen LogP contribution in [0.5, 0.6) is 11.5 Å². The molecule has 0 aliphatic carbocycles. The molecule has 0 atom stereocenters. The van der Waals surface area contributed by atoms with Gasteiger partial charge in [-0.25, -0.2) is 9.78 Å². The second kappa shape index (κ2) is 7.89. The Labute approximate surface area is 166 Å². The Bertz CT molecular complexity index is 1070. The minimum Gasteiger partial charge on any atom is -0.465 e. The van der Waals surface area contributed by atoms with Gasteiger partial charge in [0, 0.05) is 23.6 Å². The molecule has 2 heterocycles. The number of fused-ring (bicyclic) bond motifs is 1. The lowest BCUT2D eigenvalue weighted by Crippen LogP contribution is -2.13. The first-order valence-corrected chi connectivity index (χ1v) is 8.75. The molecule has 146 valence electrons. The van der Waals surface area contributed by atoms with Crippen molar-refractivity contribution in [3.05, 3.63) is 71.9 Å². The van der Waals surface area contributed by atoms with Crippen molar-refractivity contribution < 1.29 is 23.8 Å². The molecule has 0 fully saturated rings. The number of benzene rings is 2. The van der Waals surface area contributed by atoms with E-state index in [0.717, 1.165) is 5.69 Å². The van der Waals surface area contributed by atoms with Gasteiger partial charge >= 0.3 is 5.97 Å². The predicted molar refractivity (Wildman–Crippen MR) is 106 cm³/mol. The molecule has 0 bridgehead atoms. The Balaban J connectivity index is 1.42. The minimum atomic E-state index is -0.471. The molecule has 3 aromatic rings. The van der Waals surface area contributed by atoms with E-state index < -0.39 is 5.97 Å². The monoisotopic (exact) mass is 391 g/mol. The molecule has 8 heteroatoms. The van der Waals surface area contributed by atoms with Crippen molar-refractivity contribution in [3.8, 4) is 11.5 Å². The van der Waals surface area contributed by atoms with Crippen molar-refractivity contribution in [1.29, 1.82) is 0 Å². The number of methoxy groups -OCH3 is 1. The summed E-state index contributed by atoms with van der Waals surface area (Å²) in [6, 6.07) is 15.3. The third kappa shape index (κ3) is 4.11. The van der Waals surface area contributed by atoms with E-state index >= 15 is 0 Å². The molecule has 0 saturated carbocycles. The molecular weight excluding hydrogens is 374 g/mol. The molecule has 1 aromatic heterocycles. The highest BCUT2D eigenvalue weighted by Crippen LogP contribution is 2.34. The lowest BCUT2D eigenvalue weighted by atomic mass is 10.2. The number of pyridine rings is 1. The van der Waals surface area contributed by atoms with Gasteiger partial charge in [0.25, 0.3) is 5.91 Å². The number of rotatable bonds is 5. The van der Waals surface area contributed by atoms with E-state index in [4.69, 9.17) is 9.47 Å². The van der Waals surface area contributed by atoms with Gasteiger partial charge in [0.05, 0.1) is 18.2 Å². The van der Waals surface area contributed by atoms with Gasteiger partial charge in [-0.15, -0.1) is 0 Å². The second-order valence-corrected chi connectivity index (χ2v) is 6.15. The van der Waals surface area contributed by atoms with Crippen LogP contribution >= 0.6 is 0 Å². The average molecular weight is 391 g/mol. The SMILES string of the molecule is COC(=O)c1cccc(NC(=O)c2ccc(Nc3ccc4c(c3)OCO4)nc2)c1. The smallest absolute Gasteiger partial charge is 0.337 e. The van der Waals surface area contributed by atoms with Gasteiger partial charge in [0.1, 0.15) is 5.82 Å². The fraction of sp³-hybridized carbons (Fsp3) is 0.0952. The maximum atomic E-state index is 12.4. The van der Waals surface area contributed by atoms with Crippen molar-refractivity contribution in [2.24, 2.45) is 0 Å². The third-order valence-electron chi connectivity index (χ3n) is 4.21. The molecule has 4 rings (SSSR count). The van der Waals surface area contributed by atoms with Crippen LogP contribution < -0.4 is 20.1 Å². The summed E-state index contributed by atoms with van der Waals surface area (Å²) < 4.78 is 15.3. The molecule has 8 nitrogen and oxygen atoms in total. The summed E-state index contributed by atoms with van der Waals surface area (Å²) in [6.45, 7) is 0.212. The topological polar surface area (TPSA) is 98.8 Å². The normalized spacial score (nSPS) is 11.6. The average Bonchev–Trinajstić information content (AvgIpc) is 3.22. The van der Waals surface area contributed by atoms with E-state index in [-0.39, 0.29) is 12.7 Å². The van der Waals surface area contributed by atoms with Crippen LogP contribution in [0.3, 0.4) is 0 Å². The van der Waals surface area contributed by atoms with E-state index in [1.807, 2.05) is 18.2 Å². The highest BCUT2D eigenvalue weighted by Gasteiger charge is 2.14. The molecule has 1 aliphatic rings. The fourth-order valence-corrected chi connectivity index (χ4v) is 2.77. The summed E-state index contributed by atoms with van der Waals surface area (Å²) in [7, 11) is 1.30. The van der Waals surface area contributed by atoms with E-state index in [1.165, 1.54) is 13.3 Å². The van der Waals surface area contributed by atoms with E-state index in [2.05, 4.69) is 20.4 Å². The van der Waals surface area contributed by atoms with Crippen molar-refractivity contribution in [1.82, 2.24) is 4.98 Å². The number of carbonyl (C=O) groups is 2. The van der Waals surface area contributed by atoms with Gasteiger partial charge in [-0.3, -0.25) is 4.79 Å². The predicted octanol–water partition coefficient (Wildman–Crippen LogP) is 3.59. The van der Waals surface area contributed by atoms with Gasteiger partial charge < -0.3 is 24.8 Å². The highest BCUT2D eigenvalue weighted by atomic mass is 16.7. The van der Waals surface area contributed by atoms with Crippen LogP contribution in [0.4, 0.5) is 17.2 Å². The number of anilines is 3. The largest absolute Gasteiger partial charge is 0.465 e. The van der Waals surface area contributed by atoms with Gasteiger partial charge in [-0.2, -0.15) is 0 Å². The first-order chi connectivity index (χ1) is 14.1. The van der Waals surface area contributed by atoms with Gasteiger partial charge in [0.2, 0.25) is 6.79 Å². The number of amides is 1. The second-order valence-electron chi connectivity index (χ2n) is 6.15. The standard InChI is InChI=1S/C21H17N3O5/c1-27-21(26)13-3-2-4-15(9-13)24-20(25)14-5-8-19(22-11-14)23-16-6-7-17-18(10-16)29-12-28-17/h2-11H,12H2,1H3,(H,22,23)(H,24,25). The van der Waals surface area contributed by atoms with Crippen molar-refractivity contribution in [2.75, 3.05) is 24.5 Å². The Morgan fingerprint density at radius 2 is 1.83 bits per heavy atom. The van der Waals surface area contributed by atoms with Gasteiger partial charge in [-0.1, -0.05) is 6.07 Å². The summed E-state index contributed by atoms with van der Waals surface area (Å²) in [5.74, 6) is 1.14. The number of esters is 1. The minimum absolute atomic E-state index is 0.212. The Kier molecular flexibility index (Phi) is 4.98. The van der Waals surface area contributed by atoms with Crippen LogP contribution in [0.2, 0.25) is 0 Å². The van der Waals surface area contributed by atoms with Crippen LogP contribution in [-0.4, -0.2) is 30.8 Å². The van der Waals surface area contributed by atoms with Crippen LogP contribution in [0, 0.1) is 0 Å². The van der Waals surface area contributed by atoms with E-state index in [9.17, 15) is 9.59 Å². The molecule has 0 radical (unpaired) electrons. The number of carbonyl (C=O) groups excluding carboxylic acids is 2. The molecule has 0 spiro atoms. The summed E-state index contributed by atoms with van der Waals surface area (Å²) in [5.41, 5.74) is 2.01. The lowest BCUT2D eigenvalue weighted by Gasteiger charge is -2.09. The Hall–Kier alpha value is -4.07. The summed E-state index contributed by atoms with van der Waals surface area (Å²) in [4.78, 5) is 28.3. The number of ether oxygens (including phenoxy) is 3. The summed E-state index contributed by atoms with van der Waals surface area (Å²) in [5, 5.41) is 5.88.